The maximum Gasteiger partial charge on any atom is 0.123 e. The Morgan fingerprint density at radius 3 is 3.00 bits per heavy atom. The summed E-state index contributed by atoms with van der Waals surface area (Å²) in [6, 6.07) is 6.22. The number of benzene rings is 1. The maximum absolute atomic E-state index is 5.68. The molecule has 1 aromatic carbocycles. The largest absolute Gasteiger partial charge is 0.492 e. The van der Waals surface area contributed by atoms with Crippen molar-refractivity contribution in [1.29, 1.82) is 0 Å². The number of fused-ring (bicyclic) bond motifs is 1. The van der Waals surface area contributed by atoms with Gasteiger partial charge in [0, 0.05) is 30.6 Å². The van der Waals surface area contributed by atoms with Crippen LogP contribution in [-0.2, 0) is 6.54 Å². The van der Waals surface area contributed by atoms with Gasteiger partial charge in [-0.25, -0.2) is 0 Å². The first-order valence-corrected chi connectivity index (χ1v) is 6.51. The lowest BCUT2D eigenvalue weighted by Gasteiger charge is -2.09. The Bertz CT molecular complexity index is 526. The summed E-state index contributed by atoms with van der Waals surface area (Å²) in [6.07, 6.45) is 3.69. The van der Waals surface area contributed by atoms with Crippen LogP contribution in [0.2, 0.25) is 0 Å². The third kappa shape index (κ3) is 3.55. The molecule has 1 N–H and O–H groups in total. The highest BCUT2D eigenvalue weighted by Crippen LogP contribution is 2.25. The van der Waals surface area contributed by atoms with Gasteiger partial charge < -0.3 is 10.1 Å². The average Bonchev–Trinajstić information content (AvgIpc) is 2.63. The molecule has 1 aliphatic rings. The summed E-state index contributed by atoms with van der Waals surface area (Å²) in [6.45, 7) is 10.3. The monoisotopic (exact) mass is 256 g/mol. The van der Waals surface area contributed by atoms with Crippen LogP contribution < -0.4 is 10.1 Å². The van der Waals surface area contributed by atoms with Crippen LogP contribution in [0.25, 0.3) is 5.57 Å². The second-order valence-corrected chi connectivity index (χ2v) is 4.71. The van der Waals surface area contributed by atoms with E-state index in [-0.39, 0.29) is 0 Å². The molecule has 0 bridgehead atoms. The summed E-state index contributed by atoms with van der Waals surface area (Å²) >= 11 is 0. The molecule has 0 fully saturated rings. The molecule has 3 heteroatoms. The van der Waals surface area contributed by atoms with Crippen molar-refractivity contribution in [2.45, 2.75) is 20.4 Å². The molecular weight excluding hydrogens is 236 g/mol. The van der Waals surface area contributed by atoms with E-state index >= 15 is 0 Å². The molecule has 1 aliphatic heterocycles. The van der Waals surface area contributed by atoms with Crippen LogP contribution in [0.4, 0.5) is 0 Å². The minimum absolute atomic E-state index is 0.718. The highest BCUT2D eigenvalue weighted by molar-refractivity contribution is 5.82. The van der Waals surface area contributed by atoms with E-state index in [0.717, 1.165) is 42.3 Å². The predicted octanol–water partition coefficient (Wildman–Crippen LogP) is 3.18. The van der Waals surface area contributed by atoms with Crippen LogP contribution in [0, 0.1) is 0 Å². The molecule has 0 atom stereocenters. The summed E-state index contributed by atoms with van der Waals surface area (Å²) in [7, 11) is 0. The number of aliphatic imine (C=N–C) groups is 1. The van der Waals surface area contributed by atoms with Crippen molar-refractivity contribution < 1.29 is 4.74 Å². The van der Waals surface area contributed by atoms with Crippen LogP contribution in [0.3, 0.4) is 0 Å². The standard InChI is InChI=1S/C16H20N2O/c1-4-13(11-18-12(2)3)14-5-6-16-15(9-14)10-17-7-8-19-16/h4-6,9,11,17H,1,7-8,10H2,2-3H3/b13-11+. The van der Waals surface area contributed by atoms with E-state index in [1.54, 1.807) is 0 Å². The third-order valence-electron chi connectivity index (χ3n) is 2.93. The molecule has 2 rings (SSSR count). The summed E-state index contributed by atoms with van der Waals surface area (Å²) in [5, 5.41) is 3.34. The molecule has 100 valence electrons. The average molecular weight is 256 g/mol. The van der Waals surface area contributed by atoms with Crippen LogP contribution in [0.15, 0.2) is 42.0 Å². The van der Waals surface area contributed by atoms with E-state index in [1.165, 1.54) is 5.56 Å². The lowest BCUT2D eigenvalue weighted by atomic mass is 10.0. The van der Waals surface area contributed by atoms with Gasteiger partial charge in [0.1, 0.15) is 12.4 Å². The zero-order valence-corrected chi connectivity index (χ0v) is 11.6. The van der Waals surface area contributed by atoms with E-state index in [9.17, 15) is 0 Å². The first kappa shape index (κ1) is 13.6. The number of allylic oxidation sites excluding steroid dienone is 2. The SMILES string of the molecule is C=C/C(=C\N=C(C)C)c1ccc2c(c1)CNCCO2. The molecule has 1 heterocycles. The maximum atomic E-state index is 5.68. The van der Waals surface area contributed by atoms with Gasteiger partial charge in [0.2, 0.25) is 0 Å². The van der Waals surface area contributed by atoms with Gasteiger partial charge in [0.25, 0.3) is 0 Å². The van der Waals surface area contributed by atoms with E-state index < -0.39 is 0 Å². The Kier molecular flexibility index (Phi) is 4.53. The Morgan fingerprint density at radius 2 is 2.26 bits per heavy atom. The molecule has 1 aromatic rings. The Balaban J connectivity index is 2.34. The van der Waals surface area contributed by atoms with Gasteiger partial charge >= 0.3 is 0 Å². The normalized spacial score (nSPS) is 14.9. The molecule has 0 spiro atoms. The molecule has 19 heavy (non-hydrogen) atoms. The van der Waals surface area contributed by atoms with Gasteiger partial charge in [-0.15, -0.1) is 0 Å². The minimum Gasteiger partial charge on any atom is -0.492 e. The second-order valence-electron chi connectivity index (χ2n) is 4.71. The highest BCUT2D eigenvalue weighted by atomic mass is 16.5. The Labute approximate surface area is 114 Å². The van der Waals surface area contributed by atoms with Crippen molar-refractivity contribution >= 4 is 11.3 Å². The molecule has 0 saturated carbocycles. The molecular formula is C16H20N2O. The van der Waals surface area contributed by atoms with Crippen LogP contribution in [0.1, 0.15) is 25.0 Å². The number of nitrogens with zero attached hydrogens (tertiary/aromatic N) is 1. The van der Waals surface area contributed by atoms with E-state index in [4.69, 9.17) is 4.74 Å². The van der Waals surface area contributed by atoms with Gasteiger partial charge in [-0.1, -0.05) is 18.7 Å². The number of rotatable bonds is 3. The first-order chi connectivity index (χ1) is 9.20. The van der Waals surface area contributed by atoms with E-state index in [0.29, 0.717) is 0 Å². The van der Waals surface area contributed by atoms with Gasteiger partial charge in [0.15, 0.2) is 0 Å². The van der Waals surface area contributed by atoms with Crippen molar-refractivity contribution in [3.8, 4) is 5.75 Å². The topological polar surface area (TPSA) is 33.6 Å². The summed E-state index contributed by atoms with van der Waals surface area (Å²) < 4.78 is 5.68. The zero-order chi connectivity index (χ0) is 13.7. The summed E-state index contributed by atoms with van der Waals surface area (Å²) in [5.41, 5.74) is 4.35. The fourth-order valence-corrected chi connectivity index (χ4v) is 1.94. The fraction of sp³-hybridized carbons (Fsp3) is 0.312. The molecule has 3 nitrogen and oxygen atoms in total. The lowest BCUT2D eigenvalue weighted by molar-refractivity contribution is 0.326. The molecule has 0 radical (unpaired) electrons. The van der Waals surface area contributed by atoms with Crippen molar-refractivity contribution in [2.75, 3.05) is 13.2 Å². The zero-order valence-electron chi connectivity index (χ0n) is 11.6. The molecule has 0 aliphatic carbocycles. The number of ether oxygens (including phenoxy) is 1. The van der Waals surface area contributed by atoms with Gasteiger partial charge in [0.05, 0.1) is 0 Å². The third-order valence-corrected chi connectivity index (χ3v) is 2.93. The summed E-state index contributed by atoms with van der Waals surface area (Å²) in [4.78, 5) is 4.34. The molecule has 0 unspecified atom stereocenters. The second kappa shape index (κ2) is 6.34. The molecule has 0 aromatic heterocycles. The lowest BCUT2D eigenvalue weighted by Crippen LogP contribution is -2.16. The van der Waals surface area contributed by atoms with Crippen molar-refractivity contribution in [2.24, 2.45) is 4.99 Å². The van der Waals surface area contributed by atoms with Crippen LogP contribution >= 0.6 is 0 Å². The number of hydrogen-bond acceptors (Lipinski definition) is 3. The van der Waals surface area contributed by atoms with Gasteiger partial charge in [-0.2, -0.15) is 0 Å². The van der Waals surface area contributed by atoms with Crippen LogP contribution in [-0.4, -0.2) is 18.9 Å². The van der Waals surface area contributed by atoms with E-state index in [2.05, 4.69) is 29.0 Å². The smallest absolute Gasteiger partial charge is 0.123 e. The van der Waals surface area contributed by atoms with Crippen LogP contribution in [0.5, 0.6) is 5.75 Å². The predicted molar refractivity (Wildman–Crippen MR) is 80.6 cm³/mol. The summed E-state index contributed by atoms with van der Waals surface area (Å²) in [5.74, 6) is 0.965. The molecule has 0 saturated heterocycles. The Morgan fingerprint density at radius 1 is 1.42 bits per heavy atom. The minimum atomic E-state index is 0.718. The number of nitrogens with one attached hydrogen (secondary N) is 1. The van der Waals surface area contributed by atoms with E-state index in [1.807, 2.05) is 32.2 Å². The Hall–Kier alpha value is -1.87. The molecule has 0 amide bonds. The quantitative estimate of drug-likeness (QED) is 0.665. The van der Waals surface area contributed by atoms with Gasteiger partial charge in [-0.3, -0.25) is 4.99 Å². The van der Waals surface area contributed by atoms with Crippen molar-refractivity contribution in [3.63, 3.8) is 0 Å². The highest BCUT2D eigenvalue weighted by Gasteiger charge is 2.09. The first-order valence-electron chi connectivity index (χ1n) is 6.51. The number of hydrogen-bond donors (Lipinski definition) is 1. The fourth-order valence-electron chi connectivity index (χ4n) is 1.94. The van der Waals surface area contributed by atoms with Crippen molar-refractivity contribution in [3.05, 3.63) is 48.2 Å². The van der Waals surface area contributed by atoms with Gasteiger partial charge in [-0.05, 0) is 37.1 Å². The van der Waals surface area contributed by atoms with Crippen molar-refractivity contribution in [1.82, 2.24) is 5.32 Å².